The van der Waals surface area contributed by atoms with E-state index in [1.54, 1.807) is 6.92 Å². The van der Waals surface area contributed by atoms with E-state index in [-0.39, 0.29) is 25.0 Å². The third-order valence-corrected chi connectivity index (χ3v) is 1.74. The van der Waals surface area contributed by atoms with Crippen LogP contribution in [0.2, 0.25) is 0 Å². The fourth-order valence-corrected chi connectivity index (χ4v) is 1.19. The highest BCUT2D eigenvalue weighted by Crippen LogP contribution is 1.99. The summed E-state index contributed by atoms with van der Waals surface area (Å²) in [5.74, 6) is -0.313. The van der Waals surface area contributed by atoms with Gasteiger partial charge in [-0.1, -0.05) is 13.8 Å². The summed E-state index contributed by atoms with van der Waals surface area (Å²) < 4.78 is 4.77. The quantitative estimate of drug-likeness (QED) is 0.634. The van der Waals surface area contributed by atoms with Gasteiger partial charge in [0.25, 0.3) is 0 Å². The minimum absolute atomic E-state index is 0.0119. The Labute approximate surface area is 90.6 Å². The van der Waals surface area contributed by atoms with E-state index in [1.807, 2.05) is 13.8 Å². The van der Waals surface area contributed by atoms with Crippen molar-refractivity contribution >= 4 is 11.9 Å². The number of hydrogen-bond acceptors (Lipinski definition) is 4. The van der Waals surface area contributed by atoms with Crippen LogP contribution in [-0.4, -0.2) is 43.0 Å². The van der Waals surface area contributed by atoms with Gasteiger partial charge in [0.1, 0.15) is 6.54 Å². The van der Waals surface area contributed by atoms with Gasteiger partial charge in [0, 0.05) is 6.54 Å². The normalized spacial score (nSPS) is 10.2. The molecule has 0 atom stereocenters. The maximum atomic E-state index is 11.4. The Morgan fingerprint density at radius 2 is 2.00 bits per heavy atom. The van der Waals surface area contributed by atoms with Crippen LogP contribution in [0.15, 0.2) is 0 Å². The van der Waals surface area contributed by atoms with E-state index in [1.165, 1.54) is 4.90 Å². The largest absolute Gasteiger partial charge is 0.465 e. The smallest absolute Gasteiger partial charge is 0.325 e. The molecule has 0 aliphatic carbocycles. The highest BCUT2D eigenvalue weighted by molar-refractivity contribution is 5.83. The standard InChI is InChI=1S/C10H20N2O3/c1-4-15-10(14)7-12(6-8(2)3)9(13)5-11/h8H,4-7,11H2,1-3H3. The molecule has 5 nitrogen and oxygen atoms in total. The molecule has 0 unspecified atom stereocenters. The lowest BCUT2D eigenvalue weighted by atomic mass is 10.2. The summed E-state index contributed by atoms with van der Waals surface area (Å²) in [4.78, 5) is 24.0. The molecule has 0 heterocycles. The van der Waals surface area contributed by atoms with Crippen molar-refractivity contribution in [3.05, 3.63) is 0 Å². The van der Waals surface area contributed by atoms with E-state index in [9.17, 15) is 9.59 Å². The zero-order chi connectivity index (χ0) is 11.8. The Morgan fingerprint density at radius 1 is 1.40 bits per heavy atom. The van der Waals surface area contributed by atoms with Gasteiger partial charge in [-0.2, -0.15) is 0 Å². The predicted octanol–water partition coefficient (Wildman–Crippen LogP) is -0.00720. The molecule has 0 aliphatic heterocycles. The van der Waals surface area contributed by atoms with E-state index in [4.69, 9.17) is 10.5 Å². The van der Waals surface area contributed by atoms with E-state index in [0.29, 0.717) is 19.1 Å². The molecule has 1 amide bonds. The summed E-state index contributed by atoms with van der Waals surface area (Å²) in [6, 6.07) is 0. The van der Waals surface area contributed by atoms with E-state index < -0.39 is 0 Å². The van der Waals surface area contributed by atoms with Crippen LogP contribution in [0.3, 0.4) is 0 Å². The highest BCUT2D eigenvalue weighted by Gasteiger charge is 2.17. The van der Waals surface area contributed by atoms with Gasteiger partial charge < -0.3 is 15.4 Å². The van der Waals surface area contributed by atoms with Crippen LogP contribution in [0.1, 0.15) is 20.8 Å². The van der Waals surface area contributed by atoms with Crippen molar-refractivity contribution in [2.75, 3.05) is 26.2 Å². The number of hydrogen-bond donors (Lipinski definition) is 1. The first-order valence-electron chi connectivity index (χ1n) is 5.14. The first kappa shape index (κ1) is 13.9. The Morgan fingerprint density at radius 3 is 2.40 bits per heavy atom. The van der Waals surface area contributed by atoms with Gasteiger partial charge in [0.2, 0.25) is 5.91 Å². The molecule has 0 fully saturated rings. The molecule has 0 aromatic rings. The van der Waals surface area contributed by atoms with Gasteiger partial charge in [0.15, 0.2) is 0 Å². The molecule has 0 bridgehead atoms. The molecule has 0 aliphatic rings. The first-order valence-corrected chi connectivity index (χ1v) is 5.14. The van der Waals surface area contributed by atoms with Crippen molar-refractivity contribution in [1.82, 2.24) is 4.90 Å². The summed E-state index contributed by atoms with van der Waals surface area (Å²) in [6.45, 7) is 6.44. The number of rotatable bonds is 6. The number of ether oxygens (including phenoxy) is 1. The van der Waals surface area contributed by atoms with Crippen molar-refractivity contribution in [3.63, 3.8) is 0 Å². The van der Waals surface area contributed by atoms with E-state index >= 15 is 0 Å². The Kier molecular flexibility index (Phi) is 6.70. The van der Waals surface area contributed by atoms with Crippen molar-refractivity contribution in [3.8, 4) is 0 Å². The van der Waals surface area contributed by atoms with E-state index in [2.05, 4.69) is 0 Å². The van der Waals surface area contributed by atoms with Crippen LogP contribution < -0.4 is 5.73 Å². The SMILES string of the molecule is CCOC(=O)CN(CC(C)C)C(=O)CN. The predicted molar refractivity (Wildman–Crippen MR) is 57.1 cm³/mol. The number of carbonyl (C=O) groups is 2. The van der Waals surface area contributed by atoms with Crippen LogP contribution >= 0.6 is 0 Å². The second-order valence-corrected chi connectivity index (χ2v) is 3.68. The fourth-order valence-electron chi connectivity index (χ4n) is 1.19. The Balaban J connectivity index is 4.24. The topological polar surface area (TPSA) is 72.6 Å². The second kappa shape index (κ2) is 7.23. The van der Waals surface area contributed by atoms with Crippen molar-refractivity contribution in [2.24, 2.45) is 11.7 Å². The monoisotopic (exact) mass is 216 g/mol. The van der Waals surface area contributed by atoms with Gasteiger partial charge in [0.05, 0.1) is 13.2 Å². The first-order chi connectivity index (χ1) is 7.01. The van der Waals surface area contributed by atoms with Crippen molar-refractivity contribution in [1.29, 1.82) is 0 Å². The van der Waals surface area contributed by atoms with Crippen molar-refractivity contribution < 1.29 is 14.3 Å². The molecule has 88 valence electrons. The Bertz CT molecular complexity index is 217. The molecule has 0 rings (SSSR count). The lowest BCUT2D eigenvalue weighted by molar-refractivity contribution is -0.148. The number of esters is 1. The van der Waals surface area contributed by atoms with Crippen molar-refractivity contribution in [2.45, 2.75) is 20.8 Å². The van der Waals surface area contributed by atoms with Crippen LogP contribution in [0, 0.1) is 5.92 Å². The fraction of sp³-hybridized carbons (Fsp3) is 0.800. The second-order valence-electron chi connectivity index (χ2n) is 3.68. The molecular weight excluding hydrogens is 196 g/mol. The maximum absolute atomic E-state index is 11.4. The van der Waals surface area contributed by atoms with Crippen LogP contribution in [0.25, 0.3) is 0 Å². The van der Waals surface area contributed by atoms with E-state index in [0.717, 1.165) is 0 Å². The summed E-state index contributed by atoms with van der Waals surface area (Å²) in [7, 11) is 0. The number of nitrogens with two attached hydrogens (primary N) is 1. The molecule has 0 saturated heterocycles. The Hall–Kier alpha value is -1.10. The average Bonchev–Trinajstić information content (AvgIpc) is 2.15. The molecule has 0 aromatic carbocycles. The van der Waals surface area contributed by atoms with Gasteiger partial charge in [-0.05, 0) is 12.8 Å². The lowest BCUT2D eigenvalue weighted by Crippen LogP contribution is -2.42. The van der Waals surface area contributed by atoms with Gasteiger partial charge in [-0.15, -0.1) is 0 Å². The summed E-state index contributed by atoms with van der Waals surface area (Å²) >= 11 is 0. The molecule has 5 heteroatoms. The summed E-state index contributed by atoms with van der Waals surface area (Å²) in [5, 5.41) is 0. The molecule has 0 radical (unpaired) electrons. The average molecular weight is 216 g/mol. The molecule has 0 saturated carbocycles. The third kappa shape index (κ3) is 6.06. The highest BCUT2D eigenvalue weighted by atomic mass is 16.5. The third-order valence-electron chi connectivity index (χ3n) is 1.74. The summed E-state index contributed by atoms with van der Waals surface area (Å²) in [5.41, 5.74) is 5.26. The van der Waals surface area contributed by atoms with Gasteiger partial charge in [-0.25, -0.2) is 0 Å². The number of amides is 1. The van der Waals surface area contributed by atoms with Crippen LogP contribution in [-0.2, 0) is 14.3 Å². The minimum atomic E-state index is -0.389. The molecular formula is C10H20N2O3. The maximum Gasteiger partial charge on any atom is 0.325 e. The summed E-state index contributed by atoms with van der Waals surface area (Å²) in [6.07, 6.45) is 0. The molecule has 0 spiro atoms. The van der Waals surface area contributed by atoms with Gasteiger partial charge in [-0.3, -0.25) is 9.59 Å². The number of nitrogens with zero attached hydrogens (tertiary/aromatic N) is 1. The van der Waals surface area contributed by atoms with Gasteiger partial charge >= 0.3 is 5.97 Å². The number of carbonyl (C=O) groups excluding carboxylic acids is 2. The van der Waals surface area contributed by atoms with Crippen LogP contribution in [0.5, 0.6) is 0 Å². The molecule has 2 N–H and O–H groups in total. The van der Waals surface area contributed by atoms with Crippen LogP contribution in [0.4, 0.5) is 0 Å². The minimum Gasteiger partial charge on any atom is -0.465 e. The molecule has 0 aromatic heterocycles. The molecule has 15 heavy (non-hydrogen) atoms. The zero-order valence-corrected chi connectivity index (χ0v) is 9.66. The zero-order valence-electron chi connectivity index (χ0n) is 9.66. The lowest BCUT2D eigenvalue weighted by Gasteiger charge is -2.22.